The highest BCUT2D eigenvalue weighted by Crippen LogP contribution is 2.26. The summed E-state index contributed by atoms with van der Waals surface area (Å²) in [4.78, 5) is 3.82. The molecule has 0 spiro atoms. The van der Waals surface area contributed by atoms with E-state index in [2.05, 4.69) is 4.98 Å². The van der Waals surface area contributed by atoms with Crippen LogP contribution in [0.5, 0.6) is 0 Å². The van der Waals surface area contributed by atoms with E-state index in [0.29, 0.717) is 3.70 Å². The largest absolute Gasteiger partial charge is 0.378 e. The summed E-state index contributed by atoms with van der Waals surface area (Å²) in [7, 11) is 0. The lowest BCUT2D eigenvalue weighted by Crippen LogP contribution is -2.31. The van der Waals surface area contributed by atoms with Crippen LogP contribution in [0.15, 0.2) is 18.2 Å². The summed E-state index contributed by atoms with van der Waals surface area (Å²) in [6.07, 6.45) is -2.84. The predicted molar refractivity (Wildman–Crippen MR) is 52.5 cm³/mol. The molecule has 5 heteroatoms. The topological polar surface area (TPSA) is 33.1 Å². The molecule has 1 atom stereocenters. The summed E-state index contributed by atoms with van der Waals surface area (Å²) in [5.74, 6) is 0. The molecule has 0 radical (unpaired) electrons. The number of pyridine rings is 1. The average molecular weight is 299 g/mol. The van der Waals surface area contributed by atoms with E-state index in [4.69, 9.17) is 0 Å². The normalized spacial score (nSPS) is 15.8. The summed E-state index contributed by atoms with van der Waals surface area (Å²) < 4.78 is 25.3. The molecule has 1 heterocycles. The lowest BCUT2D eigenvalue weighted by Gasteiger charge is -2.21. The van der Waals surface area contributed by atoms with Gasteiger partial charge in [-0.15, -0.1) is 0 Å². The third-order valence-electron chi connectivity index (χ3n) is 1.66. The Morgan fingerprint density at radius 2 is 2.15 bits per heavy atom. The van der Waals surface area contributed by atoms with Crippen molar-refractivity contribution >= 4 is 22.6 Å². The van der Waals surface area contributed by atoms with Crippen LogP contribution in [0.1, 0.15) is 12.6 Å². The van der Waals surface area contributed by atoms with Crippen molar-refractivity contribution in [2.45, 2.75) is 19.0 Å². The molecule has 2 nitrogen and oxygen atoms in total. The van der Waals surface area contributed by atoms with Crippen LogP contribution in [0, 0.1) is 3.70 Å². The number of halogens is 3. The van der Waals surface area contributed by atoms with Gasteiger partial charge in [-0.25, -0.2) is 13.8 Å². The fourth-order valence-electron chi connectivity index (χ4n) is 0.802. The highest BCUT2D eigenvalue weighted by molar-refractivity contribution is 14.1. The maximum absolute atomic E-state index is 12.3. The van der Waals surface area contributed by atoms with E-state index in [0.717, 1.165) is 6.92 Å². The van der Waals surface area contributed by atoms with Gasteiger partial charge in [0.1, 0.15) is 3.70 Å². The lowest BCUT2D eigenvalue weighted by molar-refractivity contribution is -0.0911. The molecule has 1 N–H and O–H groups in total. The number of rotatable bonds is 2. The Balaban J connectivity index is 3.07. The van der Waals surface area contributed by atoms with Crippen LogP contribution in [-0.4, -0.2) is 16.5 Å². The molecular formula is C8H8F2INO. The first-order valence-corrected chi connectivity index (χ1v) is 4.66. The number of hydrogen-bond acceptors (Lipinski definition) is 2. The average Bonchev–Trinajstić information content (AvgIpc) is 2.04. The van der Waals surface area contributed by atoms with Crippen molar-refractivity contribution in [3.63, 3.8) is 0 Å². The third-order valence-corrected chi connectivity index (χ3v) is 2.26. The zero-order valence-corrected chi connectivity index (χ0v) is 9.00. The molecular weight excluding hydrogens is 291 g/mol. The van der Waals surface area contributed by atoms with Crippen LogP contribution in [-0.2, 0) is 5.60 Å². The molecule has 1 unspecified atom stereocenters. The fraction of sp³-hybridized carbons (Fsp3) is 0.375. The molecule has 1 aromatic rings. The van der Waals surface area contributed by atoms with Crippen molar-refractivity contribution in [3.05, 3.63) is 27.6 Å². The highest BCUT2D eigenvalue weighted by atomic mass is 127. The van der Waals surface area contributed by atoms with Crippen LogP contribution < -0.4 is 0 Å². The first-order valence-electron chi connectivity index (χ1n) is 3.58. The van der Waals surface area contributed by atoms with Crippen molar-refractivity contribution in [2.24, 2.45) is 0 Å². The molecule has 13 heavy (non-hydrogen) atoms. The predicted octanol–water partition coefficient (Wildman–Crippen LogP) is 2.16. The second kappa shape index (κ2) is 3.83. The molecule has 0 aliphatic carbocycles. The number of hydrogen-bond donors (Lipinski definition) is 1. The van der Waals surface area contributed by atoms with Crippen LogP contribution in [0.3, 0.4) is 0 Å². The van der Waals surface area contributed by atoms with Gasteiger partial charge in [0.25, 0.3) is 6.43 Å². The van der Waals surface area contributed by atoms with E-state index in [1.165, 1.54) is 6.07 Å². The second-order valence-electron chi connectivity index (χ2n) is 2.79. The summed E-state index contributed by atoms with van der Waals surface area (Å²) in [6, 6.07) is 4.64. The summed E-state index contributed by atoms with van der Waals surface area (Å²) in [5, 5.41) is 9.37. The Morgan fingerprint density at radius 1 is 1.54 bits per heavy atom. The van der Waals surface area contributed by atoms with Gasteiger partial charge in [-0.3, -0.25) is 0 Å². The van der Waals surface area contributed by atoms with E-state index in [-0.39, 0.29) is 5.69 Å². The van der Waals surface area contributed by atoms with E-state index in [9.17, 15) is 13.9 Å². The maximum Gasteiger partial charge on any atom is 0.272 e. The molecule has 0 bridgehead atoms. The highest BCUT2D eigenvalue weighted by Gasteiger charge is 2.35. The standard InChI is InChI=1S/C8H8F2INO/c1-8(13,7(9)10)5-3-2-4-6(11)12-5/h2-4,7,13H,1H3. The summed E-state index contributed by atoms with van der Waals surface area (Å²) in [6.45, 7) is 1.05. The zero-order valence-electron chi connectivity index (χ0n) is 6.84. The van der Waals surface area contributed by atoms with Crippen LogP contribution in [0.4, 0.5) is 8.78 Å². The van der Waals surface area contributed by atoms with E-state index in [1.807, 2.05) is 22.6 Å². The number of nitrogens with zero attached hydrogens (tertiary/aromatic N) is 1. The van der Waals surface area contributed by atoms with E-state index >= 15 is 0 Å². The summed E-state index contributed by atoms with van der Waals surface area (Å²) in [5.41, 5.74) is -2.17. The van der Waals surface area contributed by atoms with Gasteiger partial charge in [-0.1, -0.05) is 6.07 Å². The van der Waals surface area contributed by atoms with Crippen molar-refractivity contribution in [1.82, 2.24) is 4.98 Å². The van der Waals surface area contributed by atoms with Crippen LogP contribution in [0.2, 0.25) is 0 Å². The molecule has 72 valence electrons. The van der Waals surface area contributed by atoms with Gasteiger partial charge >= 0.3 is 0 Å². The molecule has 0 saturated carbocycles. The molecule has 1 aromatic heterocycles. The van der Waals surface area contributed by atoms with E-state index in [1.54, 1.807) is 12.1 Å². The maximum atomic E-state index is 12.3. The minimum atomic E-state index is -2.84. The Morgan fingerprint density at radius 3 is 2.62 bits per heavy atom. The lowest BCUT2D eigenvalue weighted by atomic mass is 10.0. The molecule has 0 aliphatic rings. The Labute approximate surface area is 88.1 Å². The minimum Gasteiger partial charge on any atom is -0.378 e. The first kappa shape index (κ1) is 10.8. The monoisotopic (exact) mass is 299 g/mol. The Hall–Kier alpha value is -0.300. The smallest absolute Gasteiger partial charge is 0.272 e. The number of aromatic nitrogens is 1. The number of alkyl halides is 2. The van der Waals surface area contributed by atoms with Gasteiger partial charge in [0, 0.05) is 0 Å². The van der Waals surface area contributed by atoms with Gasteiger partial charge in [0.2, 0.25) is 0 Å². The van der Waals surface area contributed by atoms with Gasteiger partial charge in [0.15, 0.2) is 5.60 Å². The van der Waals surface area contributed by atoms with Crippen molar-refractivity contribution in [1.29, 1.82) is 0 Å². The molecule has 0 aromatic carbocycles. The molecule has 0 saturated heterocycles. The van der Waals surface area contributed by atoms with Crippen molar-refractivity contribution in [3.8, 4) is 0 Å². The Bertz CT molecular complexity index is 304. The molecule has 0 aliphatic heterocycles. The van der Waals surface area contributed by atoms with Crippen molar-refractivity contribution < 1.29 is 13.9 Å². The van der Waals surface area contributed by atoms with Crippen molar-refractivity contribution in [2.75, 3.05) is 0 Å². The van der Waals surface area contributed by atoms with Crippen LogP contribution in [0.25, 0.3) is 0 Å². The second-order valence-corrected chi connectivity index (χ2v) is 3.90. The zero-order chi connectivity index (χ0) is 10.1. The van der Waals surface area contributed by atoms with Gasteiger partial charge < -0.3 is 5.11 Å². The first-order chi connectivity index (χ1) is 5.94. The Kier molecular flexibility index (Phi) is 3.18. The molecule has 0 amide bonds. The molecule has 1 rings (SSSR count). The number of aliphatic hydroxyl groups is 1. The minimum absolute atomic E-state index is 0.00519. The fourth-order valence-corrected chi connectivity index (χ4v) is 1.27. The van der Waals surface area contributed by atoms with Crippen LogP contribution >= 0.6 is 22.6 Å². The summed E-state index contributed by atoms with van der Waals surface area (Å²) >= 11 is 1.90. The quantitative estimate of drug-likeness (QED) is 0.670. The third kappa shape index (κ3) is 2.34. The van der Waals surface area contributed by atoms with Gasteiger partial charge in [0.05, 0.1) is 5.69 Å². The molecule has 0 fully saturated rings. The SMILES string of the molecule is CC(O)(c1cccc(I)n1)C(F)F. The van der Waals surface area contributed by atoms with Gasteiger partial charge in [-0.05, 0) is 41.6 Å². The van der Waals surface area contributed by atoms with E-state index < -0.39 is 12.0 Å². The van der Waals surface area contributed by atoms with Gasteiger partial charge in [-0.2, -0.15) is 0 Å².